The molecule has 5 aromatic rings. The van der Waals surface area contributed by atoms with E-state index in [1.807, 2.05) is 0 Å². The first-order chi connectivity index (χ1) is 19.5. The lowest BCUT2D eigenvalue weighted by Crippen LogP contribution is -2.19. The van der Waals surface area contributed by atoms with Crippen molar-refractivity contribution in [2.75, 3.05) is 0 Å². The number of rotatable bonds is 7. The van der Waals surface area contributed by atoms with Crippen LogP contribution in [-0.4, -0.2) is 29.0 Å². The third-order valence-electron chi connectivity index (χ3n) is 7.24. The second-order valence-electron chi connectivity index (χ2n) is 9.77. The molecule has 0 saturated heterocycles. The summed E-state index contributed by atoms with van der Waals surface area (Å²) in [5.74, 6) is -2.23. The molecule has 1 saturated carbocycles. The summed E-state index contributed by atoms with van der Waals surface area (Å²) in [4.78, 5) is 29.6. The van der Waals surface area contributed by atoms with Crippen molar-refractivity contribution in [1.29, 1.82) is 0 Å². The Morgan fingerprint density at radius 3 is 2.51 bits per heavy atom. The number of benzene rings is 2. The molecule has 1 fully saturated rings. The minimum atomic E-state index is -4.72. The second-order valence-corrected chi connectivity index (χ2v) is 13.1. The van der Waals surface area contributed by atoms with Crippen molar-refractivity contribution in [1.82, 2.24) is 9.55 Å². The van der Waals surface area contributed by atoms with E-state index in [1.54, 1.807) is 17.5 Å². The molecule has 3 aromatic heterocycles. The number of hydrogen-bond donors (Lipinski definition) is 1. The number of carbonyl (C=O) groups excluding carboxylic acids is 1. The zero-order valence-corrected chi connectivity index (χ0v) is 22.6. The number of hydrogen-bond acceptors (Lipinski definition) is 5. The summed E-state index contributed by atoms with van der Waals surface area (Å²) in [7, 11) is -3.83. The second kappa shape index (κ2) is 9.81. The van der Waals surface area contributed by atoms with Gasteiger partial charge in [-0.2, -0.15) is 13.2 Å². The van der Waals surface area contributed by atoms with Gasteiger partial charge >= 0.3 is 6.18 Å². The van der Waals surface area contributed by atoms with E-state index in [2.05, 4.69) is 4.98 Å². The summed E-state index contributed by atoms with van der Waals surface area (Å²) in [5.41, 5.74) is -1.59. The highest BCUT2D eigenvalue weighted by atomic mass is 32.2. The molecule has 12 heteroatoms. The number of nitrogens with zero attached hydrogens (tertiary/aromatic N) is 1. The standard InChI is InChI=1S/C29H20F4N2O4S2/c30-21-7-2-1-5-16(21)15-35-22-10-9-17(29(31,32)33)13-19(22)25(18-6-3-11-34-28(18)37)26(35)27(36)20-14-23(20)41(38,39)24-8-4-12-40-24/h1-13,20,23H,14-15H2,(H,34,37)/t20-,23?/m1/s1. The summed E-state index contributed by atoms with van der Waals surface area (Å²) >= 11 is 1.03. The van der Waals surface area contributed by atoms with E-state index in [0.717, 1.165) is 23.5 Å². The van der Waals surface area contributed by atoms with Gasteiger partial charge < -0.3 is 9.55 Å². The first-order valence-corrected chi connectivity index (χ1v) is 14.9. The Kier molecular flexibility index (Phi) is 6.50. The van der Waals surface area contributed by atoms with Crippen molar-refractivity contribution in [2.45, 2.75) is 28.6 Å². The number of fused-ring (bicyclic) bond motifs is 1. The molecule has 0 bridgehead atoms. The number of thiophene rings is 1. The molecule has 1 unspecified atom stereocenters. The Morgan fingerprint density at radius 2 is 1.83 bits per heavy atom. The van der Waals surface area contributed by atoms with E-state index in [-0.39, 0.29) is 50.5 Å². The van der Waals surface area contributed by atoms with Crippen LogP contribution in [0, 0.1) is 11.7 Å². The van der Waals surface area contributed by atoms with Crippen molar-refractivity contribution in [3.8, 4) is 11.1 Å². The van der Waals surface area contributed by atoms with Gasteiger partial charge in [0, 0.05) is 39.7 Å². The van der Waals surface area contributed by atoms with Gasteiger partial charge in [0.15, 0.2) is 15.6 Å². The lowest BCUT2D eigenvalue weighted by Gasteiger charge is -2.13. The monoisotopic (exact) mass is 600 g/mol. The topological polar surface area (TPSA) is 89.0 Å². The Balaban J connectivity index is 1.61. The van der Waals surface area contributed by atoms with Crippen LogP contribution in [0.5, 0.6) is 0 Å². The van der Waals surface area contributed by atoms with Crippen molar-refractivity contribution in [2.24, 2.45) is 5.92 Å². The van der Waals surface area contributed by atoms with Crippen LogP contribution < -0.4 is 5.56 Å². The Labute approximate surface area is 234 Å². The van der Waals surface area contributed by atoms with E-state index < -0.39 is 49.9 Å². The summed E-state index contributed by atoms with van der Waals surface area (Å²) < 4.78 is 84.0. The first kappa shape index (κ1) is 27.2. The number of nitrogens with one attached hydrogen (secondary N) is 1. The van der Waals surface area contributed by atoms with Gasteiger partial charge in [0.25, 0.3) is 5.56 Å². The van der Waals surface area contributed by atoms with Crippen LogP contribution in [0.3, 0.4) is 0 Å². The predicted octanol–water partition coefficient (Wildman–Crippen LogP) is 6.31. The molecule has 1 aliphatic carbocycles. The molecule has 6 nitrogen and oxygen atoms in total. The van der Waals surface area contributed by atoms with Gasteiger partial charge in [0.2, 0.25) is 0 Å². The number of alkyl halides is 3. The molecule has 0 aliphatic heterocycles. The average Bonchev–Trinajstić information content (AvgIpc) is 3.43. The fourth-order valence-corrected chi connectivity index (χ4v) is 8.29. The molecule has 0 radical (unpaired) electrons. The Bertz CT molecular complexity index is 1980. The van der Waals surface area contributed by atoms with E-state index in [0.29, 0.717) is 0 Å². The molecule has 2 atom stereocenters. The summed E-state index contributed by atoms with van der Waals surface area (Å²) in [5, 5.41) is 0.548. The lowest BCUT2D eigenvalue weighted by atomic mass is 9.99. The van der Waals surface area contributed by atoms with E-state index in [9.17, 15) is 35.6 Å². The number of ketones is 1. The molecule has 1 N–H and O–H groups in total. The number of aromatic amines is 1. The van der Waals surface area contributed by atoms with Crippen molar-refractivity contribution < 1.29 is 30.8 Å². The normalized spacial score (nSPS) is 17.2. The van der Waals surface area contributed by atoms with Crippen molar-refractivity contribution in [3.05, 3.63) is 111 Å². The highest BCUT2D eigenvalue weighted by Gasteiger charge is 2.53. The van der Waals surface area contributed by atoms with Crippen LogP contribution in [0.15, 0.2) is 87.3 Å². The SMILES string of the molecule is O=C(c1c(-c2ccc[nH]c2=O)c2cc(C(F)(F)F)ccc2n1Cc1ccccc1F)[C@@H]1CC1S(=O)(=O)c1cccs1. The van der Waals surface area contributed by atoms with Gasteiger partial charge in [-0.3, -0.25) is 9.59 Å². The van der Waals surface area contributed by atoms with E-state index >= 15 is 0 Å². The summed E-state index contributed by atoms with van der Waals surface area (Å²) in [6, 6.07) is 14.5. The van der Waals surface area contributed by atoms with Crippen LogP contribution in [0.1, 0.15) is 28.0 Å². The molecule has 3 heterocycles. The molecule has 41 heavy (non-hydrogen) atoms. The number of halogens is 4. The van der Waals surface area contributed by atoms with Gasteiger partial charge in [-0.05, 0) is 54.3 Å². The minimum absolute atomic E-state index is 0.0126. The molecule has 6 rings (SSSR count). The highest BCUT2D eigenvalue weighted by Crippen LogP contribution is 2.47. The lowest BCUT2D eigenvalue weighted by molar-refractivity contribution is -0.137. The fourth-order valence-electron chi connectivity index (χ4n) is 5.18. The van der Waals surface area contributed by atoms with Gasteiger partial charge in [-0.1, -0.05) is 24.3 Å². The summed E-state index contributed by atoms with van der Waals surface area (Å²) in [6.07, 6.45) is -3.36. The molecule has 1 aliphatic rings. The predicted molar refractivity (Wildman–Crippen MR) is 146 cm³/mol. The van der Waals surface area contributed by atoms with Crippen LogP contribution in [0.25, 0.3) is 22.0 Å². The summed E-state index contributed by atoms with van der Waals surface area (Å²) in [6.45, 7) is -0.241. The highest BCUT2D eigenvalue weighted by molar-refractivity contribution is 7.94. The van der Waals surface area contributed by atoms with Crippen molar-refractivity contribution >= 4 is 37.9 Å². The maximum absolute atomic E-state index is 14.8. The zero-order chi connectivity index (χ0) is 29.1. The third kappa shape index (κ3) is 4.70. The van der Waals surface area contributed by atoms with Crippen LogP contribution in [-0.2, 0) is 22.6 Å². The maximum Gasteiger partial charge on any atom is 0.416 e. The van der Waals surface area contributed by atoms with E-state index in [1.165, 1.54) is 53.2 Å². The number of aromatic nitrogens is 2. The van der Waals surface area contributed by atoms with Crippen LogP contribution >= 0.6 is 11.3 Å². The quantitative estimate of drug-likeness (QED) is 0.175. The molecule has 0 spiro atoms. The van der Waals surface area contributed by atoms with Gasteiger partial charge in [-0.25, -0.2) is 12.8 Å². The molecule has 210 valence electrons. The van der Waals surface area contributed by atoms with E-state index in [4.69, 9.17) is 0 Å². The Hall–Kier alpha value is -4.03. The Morgan fingerprint density at radius 1 is 1.05 bits per heavy atom. The van der Waals surface area contributed by atoms with Crippen molar-refractivity contribution in [3.63, 3.8) is 0 Å². The average molecular weight is 601 g/mol. The van der Waals surface area contributed by atoms with Gasteiger partial charge in [-0.15, -0.1) is 11.3 Å². The largest absolute Gasteiger partial charge is 0.416 e. The number of pyridine rings is 1. The molecule has 2 aromatic carbocycles. The third-order valence-corrected chi connectivity index (χ3v) is 10.9. The maximum atomic E-state index is 14.8. The number of carbonyl (C=O) groups is 1. The van der Waals surface area contributed by atoms with Gasteiger partial charge in [0.1, 0.15) is 10.0 Å². The van der Waals surface area contributed by atoms with Crippen LogP contribution in [0.4, 0.5) is 17.6 Å². The zero-order valence-electron chi connectivity index (χ0n) is 21.0. The number of sulfone groups is 1. The fraction of sp³-hybridized carbons (Fsp3) is 0.172. The van der Waals surface area contributed by atoms with Gasteiger partial charge in [0.05, 0.1) is 23.1 Å². The molecular formula is C29H20F4N2O4S2. The minimum Gasteiger partial charge on any atom is -0.333 e. The smallest absolute Gasteiger partial charge is 0.333 e. The molecular weight excluding hydrogens is 580 g/mol. The number of Topliss-reactive ketones (excluding diaryl/α,β-unsaturated/α-hetero) is 1. The number of H-pyrrole nitrogens is 1. The van der Waals surface area contributed by atoms with Crippen LogP contribution in [0.2, 0.25) is 0 Å². The molecule has 0 amide bonds. The first-order valence-electron chi connectivity index (χ1n) is 12.4.